The number of nitrogens with zero attached hydrogens (tertiary/aromatic N) is 1. The largest absolute Gasteiger partial charge is 0.491 e. The first-order valence-corrected chi connectivity index (χ1v) is 8.62. The van der Waals surface area contributed by atoms with E-state index in [0.717, 1.165) is 0 Å². The van der Waals surface area contributed by atoms with Crippen molar-refractivity contribution in [2.24, 2.45) is 11.7 Å². The summed E-state index contributed by atoms with van der Waals surface area (Å²) in [7, 11) is 0. The maximum absolute atomic E-state index is 13.0. The first kappa shape index (κ1) is 21.0. The zero-order valence-corrected chi connectivity index (χ0v) is 15.6. The number of alkyl halides is 3. The van der Waals surface area contributed by atoms with Crippen LogP contribution in [0, 0.1) is 5.92 Å². The molecule has 0 radical (unpaired) electrons. The zero-order chi connectivity index (χ0) is 20.2. The molecule has 3 N–H and O–H groups in total. The van der Waals surface area contributed by atoms with Crippen LogP contribution in [-0.2, 0) is 6.42 Å². The SMILES string of the molecule is CC(C)C[C@](C)(N)COc1ccc(-c2ccnc(=O)[nH]2)cc1CC(F)(F)F. The van der Waals surface area contributed by atoms with E-state index in [0.29, 0.717) is 23.6 Å². The average molecular weight is 383 g/mol. The lowest BCUT2D eigenvalue weighted by molar-refractivity contribution is -0.127. The second-order valence-electron chi connectivity index (χ2n) is 7.44. The van der Waals surface area contributed by atoms with Crippen molar-refractivity contribution < 1.29 is 17.9 Å². The summed E-state index contributed by atoms with van der Waals surface area (Å²) in [4.78, 5) is 17.4. The molecule has 1 aromatic carbocycles. The number of nitrogens with two attached hydrogens (primary N) is 1. The van der Waals surface area contributed by atoms with E-state index in [1.54, 1.807) is 6.07 Å². The Bertz CT molecular complexity index is 829. The molecule has 1 aromatic heterocycles. The number of hydrogen-bond donors (Lipinski definition) is 2. The third-order valence-electron chi connectivity index (χ3n) is 3.87. The Morgan fingerprint density at radius 3 is 2.56 bits per heavy atom. The Labute approximate surface area is 155 Å². The van der Waals surface area contributed by atoms with Gasteiger partial charge in [-0.15, -0.1) is 0 Å². The quantitative estimate of drug-likeness (QED) is 0.764. The lowest BCUT2D eigenvalue weighted by Gasteiger charge is -2.27. The third-order valence-corrected chi connectivity index (χ3v) is 3.87. The molecule has 148 valence electrons. The first-order chi connectivity index (χ1) is 12.5. The van der Waals surface area contributed by atoms with Gasteiger partial charge in [-0.3, -0.25) is 0 Å². The molecule has 0 saturated heterocycles. The standard InChI is InChI=1S/C19H24F3N3O2/c1-12(2)9-18(3,23)11-27-16-5-4-13(8-14(16)10-19(20,21)22)15-6-7-24-17(26)25-15/h4-8,12H,9-11,23H2,1-3H3,(H,24,25,26)/t18-/m0/s1. The molecule has 2 rings (SSSR count). The minimum Gasteiger partial charge on any atom is -0.491 e. The highest BCUT2D eigenvalue weighted by molar-refractivity contribution is 5.61. The van der Waals surface area contributed by atoms with Crippen molar-refractivity contribution >= 4 is 0 Å². The van der Waals surface area contributed by atoms with Gasteiger partial charge < -0.3 is 15.5 Å². The molecule has 0 fully saturated rings. The Balaban J connectivity index is 2.32. The normalized spacial score (nSPS) is 14.2. The Morgan fingerprint density at radius 1 is 1.26 bits per heavy atom. The highest BCUT2D eigenvalue weighted by Gasteiger charge is 2.30. The summed E-state index contributed by atoms with van der Waals surface area (Å²) < 4.78 is 44.7. The van der Waals surface area contributed by atoms with Crippen LogP contribution in [-0.4, -0.2) is 28.3 Å². The maximum Gasteiger partial charge on any atom is 0.393 e. The number of nitrogens with one attached hydrogen (secondary N) is 1. The number of aromatic nitrogens is 2. The molecule has 0 bridgehead atoms. The van der Waals surface area contributed by atoms with Crippen molar-refractivity contribution in [1.29, 1.82) is 0 Å². The number of benzene rings is 1. The van der Waals surface area contributed by atoms with E-state index < -0.39 is 23.8 Å². The van der Waals surface area contributed by atoms with E-state index in [9.17, 15) is 18.0 Å². The minimum atomic E-state index is -4.40. The number of halogens is 3. The van der Waals surface area contributed by atoms with Crippen LogP contribution in [0.25, 0.3) is 11.3 Å². The number of hydrogen-bond acceptors (Lipinski definition) is 4. The molecule has 8 heteroatoms. The van der Waals surface area contributed by atoms with Crippen LogP contribution in [0.1, 0.15) is 32.8 Å². The van der Waals surface area contributed by atoms with Crippen molar-refractivity contribution in [2.75, 3.05) is 6.61 Å². The number of rotatable bonds is 7. The molecular formula is C19H24F3N3O2. The van der Waals surface area contributed by atoms with Gasteiger partial charge in [-0.2, -0.15) is 13.2 Å². The molecule has 0 aliphatic rings. The van der Waals surface area contributed by atoms with Gasteiger partial charge >= 0.3 is 11.9 Å². The van der Waals surface area contributed by atoms with Gasteiger partial charge in [-0.05, 0) is 49.1 Å². The first-order valence-electron chi connectivity index (χ1n) is 8.62. The van der Waals surface area contributed by atoms with Gasteiger partial charge in [0.2, 0.25) is 0 Å². The van der Waals surface area contributed by atoms with E-state index in [2.05, 4.69) is 9.97 Å². The molecule has 27 heavy (non-hydrogen) atoms. The van der Waals surface area contributed by atoms with Crippen LogP contribution in [0.5, 0.6) is 5.75 Å². The molecule has 0 spiro atoms. The summed E-state index contributed by atoms with van der Waals surface area (Å²) >= 11 is 0. The van der Waals surface area contributed by atoms with Gasteiger partial charge in [0.05, 0.1) is 12.1 Å². The molecule has 5 nitrogen and oxygen atoms in total. The summed E-state index contributed by atoms with van der Waals surface area (Å²) in [5.74, 6) is 0.469. The van der Waals surface area contributed by atoms with Gasteiger partial charge in [0.25, 0.3) is 0 Å². The van der Waals surface area contributed by atoms with Gasteiger partial charge in [-0.25, -0.2) is 9.78 Å². The van der Waals surface area contributed by atoms with Gasteiger partial charge in [0.15, 0.2) is 0 Å². The summed E-state index contributed by atoms with van der Waals surface area (Å²) in [5.41, 5.74) is 5.77. The molecule has 0 amide bonds. The number of aromatic amines is 1. The lowest BCUT2D eigenvalue weighted by atomic mass is 9.93. The fourth-order valence-corrected chi connectivity index (χ4v) is 3.01. The van der Waals surface area contributed by atoms with Gasteiger partial charge in [-0.1, -0.05) is 13.8 Å². The smallest absolute Gasteiger partial charge is 0.393 e. The Morgan fingerprint density at radius 2 is 1.96 bits per heavy atom. The molecule has 0 saturated carbocycles. The summed E-state index contributed by atoms with van der Waals surface area (Å²) in [5, 5.41) is 0. The van der Waals surface area contributed by atoms with Crippen molar-refractivity contribution in [3.8, 4) is 17.0 Å². The molecule has 1 atom stereocenters. The van der Waals surface area contributed by atoms with Gasteiger partial charge in [0.1, 0.15) is 12.4 Å². The highest BCUT2D eigenvalue weighted by Crippen LogP contribution is 2.31. The average Bonchev–Trinajstić information content (AvgIpc) is 2.51. The van der Waals surface area contributed by atoms with Crippen molar-refractivity contribution in [3.63, 3.8) is 0 Å². The summed E-state index contributed by atoms with van der Waals surface area (Å²) in [6, 6.07) is 5.95. The van der Waals surface area contributed by atoms with Crippen LogP contribution in [0.2, 0.25) is 0 Å². The predicted molar refractivity (Wildman–Crippen MR) is 97.6 cm³/mol. The molecule has 1 heterocycles. The second-order valence-corrected chi connectivity index (χ2v) is 7.44. The van der Waals surface area contributed by atoms with Crippen LogP contribution in [0.3, 0.4) is 0 Å². The molecule has 2 aromatic rings. The molecule has 0 aliphatic carbocycles. The number of ether oxygens (including phenoxy) is 1. The van der Waals surface area contributed by atoms with Gasteiger partial charge in [0, 0.05) is 17.3 Å². The van der Waals surface area contributed by atoms with Crippen LogP contribution in [0.15, 0.2) is 35.3 Å². The topological polar surface area (TPSA) is 81.0 Å². The molecule has 0 aliphatic heterocycles. The number of H-pyrrole nitrogens is 1. The predicted octanol–water partition coefficient (Wildman–Crippen LogP) is 3.68. The Kier molecular flexibility index (Phi) is 6.30. The fourth-order valence-electron chi connectivity index (χ4n) is 3.01. The fraction of sp³-hybridized carbons (Fsp3) is 0.474. The lowest BCUT2D eigenvalue weighted by Crippen LogP contribution is -2.43. The van der Waals surface area contributed by atoms with Crippen LogP contribution in [0.4, 0.5) is 13.2 Å². The summed E-state index contributed by atoms with van der Waals surface area (Å²) in [6.07, 6.45) is -3.56. The van der Waals surface area contributed by atoms with Crippen molar-refractivity contribution in [2.45, 2.75) is 45.3 Å². The monoisotopic (exact) mass is 383 g/mol. The Hall–Kier alpha value is -2.35. The van der Waals surface area contributed by atoms with Crippen LogP contribution >= 0.6 is 0 Å². The minimum absolute atomic E-state index is 0.0157. The van der Waals surface area contributed by atoms with Crippen LogP contribution < -0.4 is 16.2 Å². The van der Waals surface area contributed by atoms with E-state index in [4.69, 9.17) is 10.5 Å². The third kappa shape index (κ3) is 6.71. The van der Waals surface area contributed by atoms with E-state index in [1.807, 2.05) is 20.8 Å². The van der Waals surface area contributed by atoms with Crippen molar-refractivity contribution in [3.05, 3.63) is 46.5 Å². The molecule has 0 unspecified atom stereocenters. The zero-order valence-electron chi connectivity index (χ0n) is 15.6. The summed E-state index contributed by atoms with van der Waals surface area (Å²) in [6.45, 7) is 5.95. The second kappa shape index (κ2) is 8.12. The maximum atomic E-state index is 13.0. The van der Waals surface area contributed by atoms with E-state index in [-0.39, 0.29) is 17.9 Å². The van der Waals surface area contributed by atoms with E-state index in [1.165, 1.54) is 24.4 Å². The van der Waals surface area contributed by atoms with E-state index >= 15 is 0 Å². The van der Waals surface area contributed by atoms with Crippen molar-refractivity contribution in [1.82, 2.24) is 9.97 Å². The highest BCUT2D eigenvalue weighted by atomic mass is 19.4. The molecular weight excluding hydrogens is 359 g/mol.